The van der Waals surface area contributed by atoms with Crippen molar-refractivity contribution in [3.8, 4) is 0 Å². The van der Waals surface area contributed by atoms with Gasteiger partial charge in [0.2, 0.25) is 0 Å². The van der Waals surface area contributed by atoms with Crippen molar-refractivity contribution in [3.05, 3.63) is 64.7 Å². The van der Waals surface area contributed by atoms with Crippen LogP contribution in [0.15, 0.2) is 53.4 Å². The fourth-order valence-electron chi connectivity index (χ4n) is 1.89. The van der Waals surface area contributed by atoms with Gasteiger partial charge in [-0.2, -0.15) is 0 Å². The molecule has 0 amide bonds. The molecule has 0 atom stereocenters. The number of hydrogen-bond donors (Lipinski definition) is 1. The van der Waals surface area contributed by atoms with Crippen molar-refractivity contribution in [2.45, 2.75) is 43.5 Å². The van der Waals surface area contributed by atoms with E-state index < -0.39 is 0 Å². The highest BCUT2D eigenvalue weighted by molar-refractivity contribution is 7.98. The van der Waals surface area contributed by atoms with Gasteiger partial charge in [0, 0.05) is 27.8 Å². The largest absolute Gasteiger partial charge is 0.308 e. The number of halogens is 1. The van der Waals surface area contributed by atoms with Crippen molar-refractivity contribution in [1.82, 2.24) is 5.32 Å². The van der Waals surface area contributed by atoms with Crippen LogP contribution < -0.4 is 5.32 Å². The van der Waals surface area contributed by atoms with Crippen molar-refractivity contribution in [2.24, 2.45) is 0 Å². The Morgan fingerprint density at radius 2 is 1.81 bits per heavy atom. The van der Waals surface area contributed by atoms with Gasteiger partial charge in [0.1, 0.15) is 0 Å². The zero-order valence-corrected chi connectivity index (χ0v) is 14.4. The third kappa shape index (κ3) is 5.74. The lowest BCUT2D eigenvalue weighted by molar-refractivity contribution is 0.424. The number of benzene rings is 2. The summed E-state index contributed by atoms with van der Waals surface area (Å²) in [5.74, 6) is 0.899. The summed E-state index contributed by atoms with van der Waals surface area (Å²) in [6.07, 6.45) is 0. The molecule has 0 fully saturated rings. The molecule has 0 spiro atoms. The predicted molar refractivity (Wildman–Crippen MR) is 94.0 cm³/mol. The van der Waals surface area contributed by atoms with Crippen LogP contribution in [0.2, 0.25) is 5.02 Å². The van der Waals surface area contributed by atoms with E-state index in [1.807, 2.05) is 30.0 Å². The van der Waals surface area contributed by atoms with Crippen molar-refractivity contribution >= 4 is 23.4 Å². The molecule has 0 radical (unpaired) electrons. The molecular formula is C18H22ClNS. The first-order valence-corrected chi connectivity index (χ1v) is 8.50. The highest BCUT2D eigenvalue weighted by Gasteiger charge is 2.08. The summed E-state index contributed by atoms with van der Waals surface area (Å²) in [6, 6.07) is 16.7. The third-order valence-corrected chi connectivity index (χ3v) is 4.48. The maximum Gasteiger partial charge on any atom is 0.0446 e. The molecule has 0 aliphatic rings. The Labute approximate surface area is 137 Å². The summed E-state index contributed by atoms with van der Waals surface area (Å²) in [5, 5.41) is 4.36. The van der Waals surface area contributed by atoms with Gasteiger partial charge in [-0.3, -0.25) is 0 Å². The van der Waals surface area contributed by atoms with Gasteiger partial charge in [-0.1, -0.05) is 41.9 Å². The average molecular weight is 320 g/mol. The molecule has 1 nitrogen and oxygen atoms in total. The van der Waals surface area contributed by atoms with E-state index >= 15 is 0 Å². The van der Waals surface area contributed by atoms with Gasteiger partial charge in [0.15, 0.2) is 0 Å². The molecule has 2 rings (SSSR count). The third-order valence-electron chi connectivity index (χ3n) is 3.07. The number of hydrogen-bond acceptors (Lipinski definition) is 2. The van der Waals surface area contributed by atoms with Crippen LogP contribution in [0.4, 0.5) is 0 Å². The maximum absolute atomic E-state index is 6.20. The smallest absolute Gasteiger partial charge is 0.0446 e. The Hall–Kier alpha value is -0.960. The normalized spacial score (nSPS) is 11.6. The van der Waals surface area contributed by atoms with Gasteiger partial charge in [-0.05, 0) is 50.1 Å². The van der Waals surface area contributed by atoms with Gasteiger partial charge in [0.05, 0.1) is 0 Å². The van der Waals surface area contributed by atoms with Crippen LogP contribution in [0, 0.1) is 0 Å². The topological polar surface area (TPSA) is 12.0 Å². The van der Waals surface area contributed by atoms with E-state index in [2.05, 4.69) is 56.4 Å². The van der Waals surface area contributed by atoms with Gasteiger partial charge in [-0.25, -0.2) is 0 Å². The predicted octanol–water partition coefficient (Wildman–Crippen LogP) is 5.52. The van der Waals surface area contributed by atoms with E-state index in [1.165, 1.54) is 16.0 Å². The van der Waals surface area contributed by atoms with Crippen molar-refractivity contribution in [1.29, 1.82) is 0 Å². The Morgan fingerprint density at radius 1 is 1.05 bits per heavy atom. The van der Waals surface area contributed by atoms with Crippen LogP contribution in [-0.2, 0) is 12.3 Å². The van der Waals surface area contributed by atoms with Gasteiger partial charge in [-0.15, -0.1) is 11.8 Å². The first kappa shape index (κ1) is 16.4. The summed E-state index contributed by atoms with van der Waals surface area (Å²) in [4.78, 5) is 1.28. The zero-order chi connectivity index (χ0) is 15.3. The number of nitrogens with one attached hydrogen (secondary N) is 1. The summed E-state index contributed by atoms with van der Waals surface area (Å²) in [5.41, 5.74) is 2.64. The Kier molecular flexibility index (Phi) is 5.74. The second-order valence-corrected chi connectivity index (χ2v) is 7.59. The van der Waals surface area contributed by atoms with Gasteiger partial charge >= 0.3 is 0 Å². The van der Waals surface area contributed by atoms with Crippen molar-refractivity contribution < 1.29 is 0 Å². The van der Waals surface area contributed by atoms with Crippen LogP contribution in [0.5, 0.6) is 0 Å². The monoisotopic (exact) mass is 319 g/mol. The van der Waals surface area contributed by atoms with E-state index in [0.29, 0.717) is 0 Å². The minimum atomic E-state index is 0.140. The van der Waals surface area contributed by atoms with E-state index in [0.717, 1.165) is 17.3 Å². The second-order valence-electron chi connectivity index (χ2n) is 6.13. The lowest BCUT2D eigenvalue weighted by Gasteiger charge is -2.20. The summed E-state index contributed by atoms with van der Waals surface area (Å²) in [7, 11) is 0. The van der Waals surface area contributed by atoms with Crippen LogP contribution in [0.3, 0.4) is 0 Å². The van der Waals surface area contributed by atoms with Crippen LogP contribution in [0.25, 0.3) is 0 Å². The molecule has 0 aliphatic heterocycles. The number of rotatable bonds is 5. The van der Waals surface area contributed by atoms with Crippen LogP contribution in [0.1, 0.15) is 31.9 Å². The zero-order valence-electron chi connectivity index (χ0n) is 12.8. The molecular weight excluding hydrogens is 298 g/mol. The number of thioether (sulfide) groups is 1. The van der Waals surface area contributed by atoms with Gasteiger partial charge in [0.25, 0.3) is 0 Å². The highest BCUT2D eigenvalue weighted by Crippen LogP contribution is 2.27. The first-order chi connectivity index (χ1) is 9.94. The lowest BCUT2D eigenvalue weighted by atomic mass is 10.1. The van der Waals surface area contributed by atoms with Gasteiger partial charge < -0.3 is 5.32 Å². The quantitative estimate of drug-likeness (QED) is 0.728. The molecule has 0 aromatic heterocycles. The molecule has 0 heterocycles. The fourth-order valence-corrected chi connectivity index (χ4v) is 3.15. The molecule has 0 saturated heterocycles. The minimum absolute atomic E-state index is 0.140. The van der Waals surface area contributed by atoms with E-state index in [1.54, 1.807) is 0 Å². The van der Waals surface area contributed by atoms with E-state index in [-0.39, 0.29) is 5.54 Å². The maximum atomic E-state index is 6.20. The molecule has 0 unspecified atom stereocenters. The Balaban J connectivity index is 1.96. The van der Waals surface area contributed by atoms with Crippen LogP contribution >= 0.6 is 23.4 Å². The molecule has 0 bridgehead atoms. The Morgan fingerprint density at radius 3 is 2.52 bits per heavy atom. The molecule has 3 heteroatoms. The summed E-state index contributed by atoms with van der Waals surface area (Å²) < 4.78 is 0. The molecule has 21 heavy (non-hydrogen) atoms. The molecule has 1 N–H and O–H groups in total. The summed E-state index contributed by atoms with van der Waals surface area (Å²) >= 11 is 8.02. The SMILES string of the molecule is CC(C)(C)NCc1cccc(SCc2ccccc2Cl)c1. The Bertz CT molecular complexity index is 590. The highest BCUT2D eigenvalue weighted by atomic mass is 35.5. The standard InChI is InChI=1S/C18H22ClNS/c1-18(2,3)20-12-14-7-6-9-16(11-14)21-13-15-8-4-5-10-17(15)19/h4-11,20H,12-13H2,1-3H3. The molecule has 2 aromatic rings. The fraction of sp³-hybridized carbons (Fsp3) is 0.333. The molecule has 2 aromatic carbocycles. The molecule has 112 valence electrons. The average Bonchev–Trinajstić information content (AvgIpc) is 2.44. The first-order valence-electron chi connectivity index (χ1n) is 7.14. The molecule has 0 aliphatic carbocycles. The van der Waals surface area contributed by atoms with E-state index in [4.69, 9.17) is 11.6 Å². The van der Waals surface area contributed by atoms with E-state index in [9.17, 15) is 0 Å². The molecule has 0 saturated carbocycles. The lowest BCUT2D eigenvalue weighted by Crippen LogP contribution is -2.35. The second kappa shape index (κ2) is 7.35. The van der Waals surface area contributed by atoms with Crippen molar-refractivity contribution in [3.63, 3.8) is 0 Å². The van der Waals surface area contributed by atoms with Crippen molar-refractivity contribution in [2.75, 3.05) is 0 Å². The van der Waals surface area contributed by atoms with Crippen LogP contribution in [-0.4, -0.2) is 5.54 Å². The minimum Gasteiger partial charge on any atom is -0.308 e. The summed E-state index contributed by atoms with van der Waals surface area (Å²) in [6.45, 7) is 7.44.